The van der Waals surface area contributed by atoms with Gasteiger partial charge in [-0.05, 0) is 10.3 Å². The largest absolute Gasteiger partial charge is 0.475 e. The Labute approximate surface area is 59.0 Å². The van der Waals surface area contributed by atoms with Crippen molar-refractivity contribution in [2.75, 3.05) is 0 Å². The molecule has 11 heavy (non-hydrogen) atoms. The van der Waals surface area contributed by atoms with Crippen LogP contribution in [0, 0.1) is 0 Å². The summed E-state index contributed by atoms with van der Waals surface area (Å²) >= 11 is 0. The third-order valence-corrected chi connectivity index (χ3v) is 1.13. The van der Waals surface area contributed by atoms with Crippen LogP contribution in [-0.2, 0) is 0 Å². The Balaban J connectivity index is 2.67. The molecule has 56 valence electrons. The van der Waals surface area contributed by atoms with Crippen molar-refractivity contribution in [3.8, 4) is 0 Å². The van der Waals surface area contributed by atoms with Gasteiger partial charge in [-0.3, -0.25) is 0 Å². The number of carbonyl (C=O) groups is 1. The quantitative estimate of drug-likeness (QED) is 0.581. The van der Waals surface area contributed by atoms with E-state index in [2.05, 4.69) is 24.9 Å². The third kappa shape index (κ3) is 0.741. The fourth-order valence-corrected chi connectivity index (χ4v) is 0.683. The fraction of sp³-hybridized carbons (Fsp3) is 0. The van der Waals surface area contributed by atoms with Crippen LogP contribution in [0.15, 0.2) is 4.63 Å². The van der Waals surface area contributed by atoms with E-state index >= 15 is 0 Å². The molecule has 0 aromatic carbocycles. The topological polar surface area (TPSA) is 105 Å². The lowest BCUT2D eigenvalue weighted by Gasteiger charge is -1.79. The second-order valence-electron chi connectivity index (χ2n) is 1.83. The molecule has 2 N–H and O–H groups in total. The number of aromatic amines is 1. The van der Waals surface area contributed by atoms with Crippen molar-refractivity contribution in [2.45, 2.75) is 0 Å². The number of fused-ring (bicyclic) bond motifs is 1. The Morgan fingerprint density at radius 1 is 1.55 bits per heavy atom. The minimum absolute atomic E-state index is 0.169. The van der Waals surface area contributed by atoms with Gasteiger partial charge in [-0.1, -0.05) is 0 Å². The molecule has 7 nitrogen and oxygen atoms in total. The summed E-state index contributed by atoms with van der Waals surface area (Å²) < 4.78 is 4.25. The van der Waals surface area contributed by atoms with Crippen LogP contribution in [0.25, 0.3) is 11.3 Å². The summed E-state index contributed by atoms with van der Waals surface area (Å²) in [5, 5.41) is 15.1. The van der Waals surface area contributed by atoms with Crippen LogP contribution in [0.3, 0.4) is 0 Å². The lowest BCUT2D eigenvalue weighted by atomic mass is 10.6. The second-order valence-corrected chi connectivity index (χ2v) is 1.83. The molecule has 0 aliphatic carbocycles. The molecule has 0 amide bonds. The highest BCUT2D eigenvalue weighted by molar-refractivity contribution is 5.86. The van der Waals surface area contributed by atoms with Gasteiger partial charge in [0.2, 0.25) is 17.1 Å². The Morgan fingerprint density at radius 2 is 2.36 bits per heavy atom. The zero-order valence-electron chi connectivity index (χ0n) is 5.11. The standard InChI is InChI=1S/C4H2N4O3/c9-4(10)3-5-1-2(6-3)8-11-7-1/h(H,9,10)(H,5,6,7,8). The van der Waals surface area contributed by atoms with Gasteiger partial charge in [-0.25, -0.2) is 9.42 Å². The van der Waals surface area contributed by atoms with E-state index < -0.39 is 5.97 Å². The SMILES string of the molecule is O=C(O)c1nc2nonc2[nH]1. The van der Waals surface area contributed by atoms with Gasteiger partial charge in [0.15, 0.2) is 0 Å². The van der Waals surface area contributed by atoms with E-state index in [1.54, 1.807) is 0 Å². The average molecular weight is 154 g/mol. The van der Waals surface area contributed by atoms with E-state index in [4.69, 9.17) is 5.11 Å². The molecule has 0 aliphatic heterocycles. The number of aromatic nitrogens is 4. The molecule has 0 atom stereocenters. The molecule has 0 spiro atoms. The van der Waals surface area contributed by atoms with E-state index in [9.17, 15) is 4.79 Å². The number of rotatable bonds is 1. The summed E-state index contributed by atoms with van der Waals surface area (Å²) in [5.41, 5.74) is 0.407. The summed E-state index contributed by atoms with van der Waals surface area (Å²) in [7, 11) is 0. The normalized spacial score (nSPS) is 10.5. The van der Waals surface area contributed by atoms with Crippen molar-refractivity contribution < 1.29 is 14.5 Å². The Kier molecular flexibility index (Phi) is 0.945. The number of hydrogen-bond acceptors (Lipinski definition) is 5. The first-order valence-corrected chi connectivity index (χ1v) is 2.69. The minimum Gasteiger partial charge on any atom is -0.475 e. The summed E-state index contributed by atoms with van der Waals surface area (Å²) in [6.07, 6.45) is 0. The van der Waals surface area contributed by atoms with Crippen molar-refractivity contribution in [3.63, 3.8) is 0 Å². The van der Waals surface area contributed by atoms with Gasteiger partial charge in [0, 0.05) is 0 Å². The fourth-order valence-electron chi connectivity index (χ4n) is 0.683. The first-order valence-electron chi connectivity index (χ1n) is 2.69. The maximum Gasteiger partial charge on any atom is 0.372 e. The molecule has 7 heteroatoms. The Bertz CT molecular complexity index is 374. The highest BCUT2D eigenvalue weighted by Crippen LogP contribution is 2.03. The van der Waals surface area contributed by atoms with Crippen LogP contribution in [0.1, 0.15) is 10.6 Å². The van der Waals surface area contributed by atoms with Gasteiger partial charge >= 0.3 is 5.97 Å². The molecule has 0 saturated heterocycles. The van der Waals surface area contributed by atoms with Crippen LogP contribution in [0.5, 0.6) is 0 Å². The molecule has 0 radical (unpaired) electrons. The smallest absolute Gasteiger partial charge is 0.372 e. The minimum atomic E-state index is -1.15. The number of carboxylic acid groups (broad SMARTS) is 1. The summed E-state index contributed by atoms with van der Waals surface area (Å²) in [5.74, 6) is -1.34. The molecular weight excluding hydrogens is 152 g/mol. The molecule has 0 fully saturated rings. The van der Waals surface area contributed by atoms with Crippen molar-refractivity contribution in [1.82, 2.24) is 20.3 Å². The Morgan fingerprint density at radius 3 is 3.00 bits per heavy atom. The highest BCUT2D eigenvalue weighted by Gasteiger charge is 2.12. The second kappa shape index (κ2) is 1.78. The number of H-pyrrole nitrogens is 1. The van der Waals surface area contributed by atoms with Gasteiger partial charge in [-0.15, -0.1) is 0 Å². The molecule has 2 rings (SSSR count). The summed E-state index contributed by atoms with van der Waals surface area (Å²) in [6, 6.07) is 0. The number of imidazole rings is 1. The van der Waals surface area contributed by atoms with Crippen molar-refractivity contribution in [3.05, 3.63) is 5.82 Å². The zero-order chi connectivity index (χ0) is 7.84. The molecule has 2 aromatic heterocycles. The third-order valence-electron chi connectivity index (χ3n) is 1.13. The number of nitrogens with zero attached hydrogens (tertiary/aromatic N) is 3. The predicted octanol–water partition coefficient (Wildman–Crippen LogP) is -0.356. The van der Waals surface area contributed by atoms with E-state index in [0.29, 0.717) is 0 Å². The molecule has 2 heterocycles. The van der Waals surface area contributed by atoms with Gasteiger partial charge in [-0.2, -0.15) is 4.98 Å². The first kappa shape index (κ1) is 5.83. The Hall–Kier alpha value is -1.92. The van der Waals surface area contributed by atoms with Crippen LogP contribution in [0.2, 0.25) is 0 Å². The van der Waals surface area contributed by atoms with Crippen molar-refractivity contribution >= 4 is 17.3 Å². The maximum absolute atomic E-state index is 10.3. The summed E-state index contributed by atoms with van der Waals surface area (Å²) in [6.45, 7) is 0. The molecule has 0 saturated carbocycles. The molecule has 0 bridgehead atoms. The van der Waals surface area contributed by atoms with Crippen LogP contribution < -0.4 is 0 Å². The molecule has 0 aliphatic rings. The lowest BCUT2D eigenvalue weighted by Crippen LogP contribution is -1.98. The molecular formula is C4H2N4O3. The monoisotopic (exact) mass is 154 g/mol. The van der Waals surface area contributed by atoms with E-state index in [1.165, 1.54) is 0 Å². The van der Waals surface area contributed by atoms with Crippen LogP contribution in [0.4, 0.5) is 0 Å². The zero-order valence-corrected chi connectivity index (χ0v) is 5.11. The highest BCUT2D eigenvalue weighted by atomic mass is 16.6. The van der Waals surface area contributed by atoms with E-state index in [1.807, 2.05) is 0 Å². The van der Waals surface area contributed by atoms with Crippen molar-refractivity contribution in [1.29, 1.82) is 0 Å². The van der Waals surface area contributed by atoms with Crippen molar-refractivity contribution in [2.24, 2.45) is 0 Å². The van der Waals surface area contributed by atoms with Gasteiger partial charge in [0.05, 0.1) is 0 Å². The number of nitrogens with one attached hydrogen (secondary N) is 1. The van der Waals surface area contributed by atoms with Crippen LogP contribution >= 0.6 is 0 Å². The van der Waals surface area contributed by atoms with E-state index in [0.717, 1.165) is 0 Å². The van der Waals surface area contributed by atoms with Gasteiger partial charge in [0.25, 0.3) is 0 Å². The molecule has 0 unspecified atom stereocenters. The lowest BCUT2D eigenvalue weighted by molar-refractivity contribution is 0.0685. The maximum atomic E-state index is 10.3. The molecule has 2 aromatic rings. The number of carboxylic acids is 1. The number of aromatic carboxylic acids is 1. The van der Waals surface area contributed by atoms with E-state index in [-0.39, 0.29) is 17.1 Å². The van der Waals surface area contributed by atoms with Crippen LogP contribution in [-0.4, -0.2) is 31.4 Å². The van der Waals surface area contributed by atoms with Gasteiger partial charge < -0.3 is 10.1 Å². The van der Waals surface area contributed by atoms with Gasteiger partial charge in [0.1, 0.15) is 0 Å². The summed E-state index contributed by atoms with van der Waals surface area (Å²) in [4.78, 5) is 16.2. The predicted molar refractivity (Wildman–Crippen MR) is 30.9 cm³/mol. The number of hydrogen-bond donors (Lipinski definition) is 2. The average Bonchev–Trinajstić information content (AvgIpc) is 2.40. The first-order chi connectivity index (χ1) is 5.27.